The summed E-state index contributed by atoms with van der Waals surface area (Å²) >= 11 is 6.13. The van der Waals surface area contributed by atoms with Crippen LogP contribution in [0.4, 0.5) is 0 Å². The number of phenolic OH excluding ortho intramolecular Hbond substituents is 2. The molecule has 0 spiro atoms. The van der Waals surface area contributed by atoms with E-state index in [2.05, 4.69) is 19.9 Å². The number of nitrogens with zero attached hydrogens (tertiary/aromatic N) is 4. The molecule has 0 aliphatic heterocycles. The number of rotatable bonds is 2. The fourth-order valence-corrected chi connectivity index (χ4v) is 2.66. The number of benzene rings is 2. The molecule has 122 valence electrons. The van der Waals surface area contributed by atoms with Gasteiger partial charge in [0.05, 0.1) is 11.4 Å². The molecule has 0 unspecified atom stereocenters. The fraction of sp³-hybridized carbons (Fsp3) is 0. The normalized spacial score (nSPS) is 10.9. The molecule has 2 heterocycles. The Morgan fingerprint density at radius 1 is 0.680 bits per heavy atom. The molecule has 4 rings (SSSR count). The van der Waals surface area contributed by atoms with Crippen LogP contribution < -0.4 is 0 Å². The molecule has 0 fully saturated rings. The van der Waals surface area contributed by atoms with Gasteiger partial charge in [0.15, 0.2) is 10.8 Å². The third-order valence-electron chi connectivity index (χ3n) is 3.71. The lowest BCUT2D eigenvalue weighted by molar-refractivity contribution is 0.475. The monoisotopic (exact) mass is 350 g/mol. The van der Waals surface area contributed by atoms with Crippen LogP contribution in [0.3, 0.4) is 0 Å². The van der Waals surface area contributed by atoms with Gasteiger partial charge in [0, 0.05) is 11.1 Å². The zero-order chi connectivity index (χ0) is 17.4. The molecule has 0 saturated heterocycles. The van der Waals surface area contributed by atoms with E-state index in [4.69, 9.17) is 11.6 Å². The predicted molar refractivity (Wildman–Crippen MR) is 94.3 cm³/mol. The summed E-state index contributed by atoms with van der Waals surface area (Å²) in [7, 11) is 0. The maximum Gasteiger partial charge on any atom is 0.183 e. The van der Waals surface area contributed by atoms with Crippen LogP contribution in [0.2, 0.25) is 5.15 Å². The van der Waals surface area contributed by atoms with Gasteiger partial charge in [0.2, 0.25) is 0 Å². The van der Waals surface area contributed by atoms with E-state index in [0.29, 0.717) is 22.6 Å². The quantitative estimate of drug-likeness (QED) is 0.534. The Morgan fingerprint density at radius 3 is 1.76 bits per heavy atom. The van der Waals surface area contributed by atoms with Gasteiger partial charge in [-0.3, -0.25) is 0 Å². The summed E-state index contributed by atoms with van der Waals surface area (Å²) in [6.45, 7) is 0. The van der Waals surface area contributed by atoms with Gasteiger partial charge in [-0.15, -0.1) is 0 Å². The van der Waals surface area contributed by atoms with Gasteiger partial charge in [-0.05, 0) is 48.5 Å². The van der Waals surface area contributed by atoms with Gasteiger partial charge in [-0.2, -0.15) is 0 Å². The van der Waals surface area contributed by atoms with E-state index in [1.807, 2.05) is 0 Å². The number of hydrogen-bond donors (Lipinski definition) is 2. The summed E-state index contributed by atoms with van der Waals surface area (Å²) in [6.07, 6.45) is 1.33. The van der Waals surface area contributed by atoms with Crippen LogP contribution in [-0.2, 0) is 0 Å². The molecule has 0 amide bonds. The smallest absolute Gasteiger partial charge is 0.183 e. The van der Waals surface area contributed by atoms with Crippen LogP contribution in [0, 0.1) is 0 Å². The SMILES string of the molecule is Oc1ccc(-c2nc3ncnc(Cl)c3nc2-c2ccc(O)cc2)cc1. The third kappa shape index (κ3) is 2.83. The maximum absolute atomic E-state index is 9.53. The van der Waals surface area contributed by atoms with E-state index >= 15 is 0 Å². The van der Waals surface area contributed by atoms with Gasteiger partial charge >= 0.3 is 0 Å². The summed E-state index contributed by atoms with van der Waals surface area (Å²) < 4.78 is 0. The van der Waals surface area contributed by atoms with E-state index in [1.54, 1.807) is 48.5 Å². The molecule has 0 aliphatic carbocycles. The summed E-state index contributed by atoms with van der Waals surface area (Å²) in [4.78, 5) is 17.3. The lowest BCUT2D eigenvalue weighted by atomic mass is 10.0. The second-order valence-corrected chi connectivity index (χ2v) is 5.71. The van der Waals surface area contributed by atoms with Crippen molar-refractivity contribution < 1.29 is 10.2 Å². The molecule has 0 atom stereocenters. The van der Waals surface area contributed by atoms with Crippen LogP contribution >= 0.6 is 11.6 Å². The van der Waals surface area contributed by atoms with E-state index in [9.17, 15) is 10.2 Å². The van der Waals surface area contributed by atoms with Crippen molar-refractivity contribution in [1.29, 1.82) is 0 Å². The molecule has 0 aliphatic rings. The highest BCUT2D eigenvalue weighted by molar-refractivity contribution is 6.33. The van der Waals surface area contributed by atoms with Crippen molar-refractivity contribution in [2.75, 3.05) is 0 Å². The highest BCUT2D eigenvalue weighted by Gasteiger charge is 2.16. The van der Waals surface area contributed by atoms with Crippen LogP contribution in [0.15, 0.2) is 54.9 Å². The number of aromatic nitrogens is 4. The summed E-state index contributed by atoms with van der Waals surface area (Å²) in [5, 5.41) is 19.3. The Kier molecular flexibility index (Phi) is 3.66. The standard InChI is InChI=1S/C18H11ClN4O2/c19-17-16-18(21-9-20-17)23-15(11-3-7-13(25)8-4-11)14(22-16)10-1-5-12(24)6-2-10/h1-9,24-25H. The summed E-state index contributed by atoms with van der Waals surface area (Å²) in [5.41, 5.74) is 3.48. The van der Waals surface area contributed by atoms with E-state index in [-0.39, 0.29) is 16.7 Å². The van der Waals surface area contributed by atoms with Crippen LogP contribution in [0.5, 0.6) is 11.5 Å². The molecule has 0 radical (unpaired) electrons. The Balaban J connectivity index is 2.03. The molecular weight excluding hydrogens is 340 g/mol. The number of phenols is 2. The van der Waals surface area contributed by atoms with Crippen molar-refractivity contribution in [3.8, 4) is 34.0 Å². The summed E-state index contributed by atoms with van der Waals surface area (Å²) in [6, 6.07) is 13.3. The zero-order valence-corrected chi connectivity index (χ0v) is 13.5. The molecule has 2 aromatic heterocycles. The van der Waals surface area contributed by atoms with Gasteiger partial charge in [0.25, 0.3) is 0 Å². The molecule has 6 nitrogen and oxygen atoms in total. The molecule has 7 heteroatoms. The van der Waals surface area contributed by atoms with E-state index < -0.39 is 0 Å². The highest BCUT2D eigenvalue weighted by Crippen LogP contribution is 2.33. The van der Waals surface area contributed by atoms with Gasteiger partial charge in [0.1, 0.15) is 23.3 Å². The molecule has 0 bridgehead atoms. The molecule has 2 aromatic carbocycles. The van der Waals surface area contributed by atoms with Gasteiger partial charge in [-0.25, -0.2) is 19.9 Å². The van der Waals surface area contributed by atoms with Crippen molar-refractivity contribution in [3.05, 3.63) is 60.0 Å². The maximum atomic E-state index is 9.53. The number of hydrogen-bond acceptors (Lipinski definition) is 6. The van der Waals surface area contributed by atoms with E-state index in [0.717, 1.165) is 11.1 Å². The van der Waals surface area contributed by atoms with Crippen LogP contribution in [0.1, 0.15) is 0 Å². The Morgan fingerprint density at radius 2 is 1.20 bits per heavy atom. The minimum Gasteiger partial charge on any atom is -0.508 e. The number of halogens is 1. The average Bonchev–Trinajstić information content (AvgIpc) is 2.63. The fourth-order valence-electron chi connectivity index (χ4n) is 2.49. The third-order valence-corrected chi connectivity index (χ3v) is 3.98. The first-order valence-corrected chi connectivity index (χ1v) is 7.76. The van der Waals surface area contributed by atoms with Crippen LogP contribution in [0.25, 0.3) is 33.7 Å². The Hall–Kier alpha value is -3.25. The first-order chi connectivity index (χ1) is 12.1. The lowest BCUT2D eigenvalue weighted by Gasteiger charge is -2.10. The lowest BCUT2D eigenvalue weighted by Crippen LogP contribution is -1.98. The minimum absolute atomic E-state index is 0.157. The van der Waals surface area contributed by atoms with Crippen molar-refractivity contribution >= 4 is 22.8 Å². The second kappa shape index (κ2) is 5.99. The Labute approximate surface area is 147 Å². The average molecular weight is 351 g/mol. The molecule has 4 aromatic rings. The summed E-state index contributed by atoms with van der Waals surface area (Å²) in [5.74, 6) is 0.319. The number of aromatic hydroxyl groups is 2. The van der Waals surface area contributed by atoms with Crippen molar-refractivity contribution in [3.63, 3.8) is 0 Å². The Bertz CT molecular complexity index is 1070. The van der Waals surface area contributed by atoms with Crippen LogP contribution in [-0.4, -0.2) is 30.1 Å². The molecule has 2 N–H and O–H groups in total. The molecule has 0 saturated carbocycles. The first-order valence-electron chi connectivity index (χ1n) is 7.39. The second-order valence-electron chi connectivity index (χ2n) is 5.35. The highest BCUT2D eigenvalue weighted by atomic mass is 35.5. The topological polar surface area (TPSA) is 92.0 Å². The number of fused-ring (bicyclic) bond motifs is 1. The zero-order valence-electron chi connectivity index (χ0n) is 12.8. The van der Waals surface area contributed by atoms with Gasteiger partial charge < -0.3 is 10.2 Å². The van der Waals surface area contributed by atoms with Crippen molar-refractivity contribution in [2.24, 2.45) is 0 Å². The van der Waals surface area contributed by atoms with Gasteiger partial charge in [-0.1, -0.05) is 11.6 Å². The molecule has 25 heavy (non-hydrogen) atoms. The predicted octanol–water partition coefficient (Wildman–Crippen LogP) is 3.82. The molecular formula is C18H11ClN4O2. The minimum atomic E-state index is 0.157. The van der Waals surface area contributed by atoms with E-state index in [1.165, 1.54) is 6.33 Å². The van der Waals surface area contributed by atoms with Crippen molar-refractivity contribution in [2.45, 2.75) is 0 Å². The van der Waals surface area contributed by atoms with Crippen molar-refractivity contribution in [1.82, 2.24) is 19.9 Å². The largest absolute Gasteiger partial charge is 0.508 e. The first kappa shape index (κ1) is 15.3.